The van der Waals surface area contributed by atoms with Gasteiger partial charge in [-0.25, -0.2) is 18.2 Å². The number of hydrogen-bond acceptors (Lipinski definition) is 9. The summed E-state index contributed by atoms with van der Waals surface area (Å²) in [4.78, 5) is 27.1. The predicted molar refractivity (Wildman–Crippen MR) is 106 cm³/mol. The van der Waals surface area contributed by atoms with E-state index < -0.39 is 10.0 Å². The first-order chi connectivity index (χ1) is 12.8. The zero-order valence-electron chi connectivity index (χ0n) is 16.3. The van der Waals surface area contributed by atoms with Crippen molar-refractivity contribution in [3.05, 3.63) is 9.81 Å². The van der Waals surface area contributed by atoms with Crippen molar-refractivity contribution in [3.63, 3.8) is 0 Å². The standard InChI is InChI=1S/C8H13N3OS.C6H10N4O3S2/c1-5(2)7(12)9-8-11(4)10-6(3)13-8;1-3(2)4(11)8-5-9-10-6(14-5)15(7,12)13/h5H,1-4H3;3H,1-2H3,(H2,7,12,13)(H,8,9,11). The van der Waals surface area contributed by atoms with Gasteiger partial charge >= 0.3 is 0 Å². The maximum atomic E-state index is 11.3. The molecule has 11 nitrogen and oxygen atoms in total. The highest BCUT2D eigenvalue weighted by atomic mass is 32.2. The molecule has 2 heterocycles. The SMILES string of the molecule is CC(C)C(=O)Nc1nnc(S(N)(=O)=O)s1.Cc1nn(C)c(=NC(=O)C(C)C)s1. The van der Waals surface area contributed by atoms with Crippen LogP contribution in [-0.4, -0.2) is 40.2 Å². The summed E-state index contributed by atoms with van der Waals surface area (Å²) >= 11 is 2.14. The Bertz CT molecular complexity index is 1000. The lowest BCUT2D eigenvalue weighted by Gasteiger charge is -2.02. The first kappa shape index (κ1) is 24.0. The van der Waals surface area contributed by atoms with Crippen molar-refractivity contribution in [2.75, 3.05) is 5.32 Å². The summed E-state index contributed by atoms with van der Waals surface area (Å²) in [5.41, 5.74) is 0. The molecule has 2 aromatic heterocycles. The summed E-state index contributed by atoms with van der Waals surface area (Å²) in [5.74, 6) is -0.624. The smallest absolute Gasteiger partial charge is 0.267 e. The number of hydrogen-bond donors (Lipinski definition) is 2. The molecule has 2 rings (SSSR count). The number of anilines is 1. The molecule has 0 saturated carbocycles. The Balaban J connectivity index is 0.000000283. The fourth-order valence-corrected chi connectivity index (χ4v) is 3.49. The van der Waals surface area contributed by atoms with Crippen molar-refractivity contribution in [1.29, 1.82) is 0 Å². The van der Waals surface area contributed by atoms with E-state index in [4.69, 9.17) is 5.14 Å². The van der Waals surface area contributed by atoms with Crippen molar-refractivity contribution in [2.24, 2.45) is 29.0 Å². The van der Waals surface area contributed by atoms with Crippen LogP contribution in [0.15, 0.2) is 9.33 Å². The number of nitrogens with one attached hydrogen (secondary N) is 1. The van der Waals surface area contributed by atoms with E-state index in [0.717, 1.165) is 16.3 Å². The van der Waals surface area contributed by atoms with Crippen molar-refractivity contribution >= 4 is 49.6 Å². The van der Waals surface area contributed by atoms with E-state index in [9.17, 15) is 18.0 Å². The first-order valence-electron chi connectivity index (χ1n) is 8.07. The number of aryl methyl sites for hydroxylation is 2. The van der Waals surface area contributed by atoms with Gasteiger partial charge in [-0.3, -0.25) is 9.59 Å². The predicted octanol–water partition coefficient (Wildman–Crippen LogP) is 0.653. The number of nitrogens with two attached hydrogens (primary N) is 1. The van der Waals surface area contributed by atoms with Crippen molar-refractivity contribution in [2.45, 2.75) is 39.0 Å². The Morgan fingerprint density at radius 1 is 1.14 bits per heavy atom. The highest BCUT2D eigenvalue weighted by Crippen LogP contribution is 2.18. The molecule has 28 heavy (non-hydrogen) atoms. The van der Waals surface area contributed by atoms with Gasteiger partial charge in [-0.2, -0.15) is 10.1 Å². The van der Waals surface area contributed by atoms with Crippen LogP contribution in [0.2, 0.25) is 0 Å². The van der Waals surface area contributed by atoms with Gasteiger partial charge in [0.05, 0.1) is 0 Å². The lowest BCUT2D eigenvalue weighted by atomic mass is 10.2. The number of amides is 2. The summed E-state index contributed by atoms with van der Waals surface area (Å²) in [6.07, 6.45) is 0. The van der Waals surface area contributed by atoms with Crippen molar-refractivity contribution in [1.82, 2.24) is 20.0 Å². The van der Waals surface area contributed by atoms with Gasteiger partial charge in [0.1, 0.15) is 5.01 Å². The van der Waals surface area contributed by atoms with Gasteiger partial charge < -0.3 is 5.32 Å². The molecule has 0 fully saturated rings. The summed E-state index contributed by atoms with van der Waals surface area (Å²) in [6, 6.07) is 0. The Labute approximate surface area is 170 Å². The van der Waals surface area contributed by atoms with Crippen LogP contribution >= 0.6 is 22.7 Å². The first-order valence-corrected chi connectivity index (χ1v) is 11.3. The Morgan fingerprint density at radius 2 is 1.75 bits per heavy atom. The van der Waals surface area contributed by atoms with Gasteiger partial charge in [0.25, 0.3) is 15.9 Å². The lowest BCUT2D eigenvalue weighted by molar-refractivity contribution is -0.121. The van der Waals surface area contributed by atoms with E-state index in [2.05, 4.69) is 25.6 Å². The third-order valence-corrected chi connectivity index (χ3v) is 5.97. The second-order valence-electron chi connectivity index (χ2n) is 6.19. The normalized spacial score (nSPS) is 12.1. The topological polar surface area (TPSA) is 162 Å². The number of rotatable bonds is 4. The van der Waals surface area contributed by atoms with Gasteiger partial charge in [0, 0.05) is 18.9 Å². The van der Waals surface area contributed by atoms with Gasteiger partial charge in [0.15, 0.2) is 0 Å². The van der Waals surface area contributed by atoms with Crippen LogP contribution in [0.3, 0.4) is 0 Å². The average Bonchev–Trinajstić information content (AvgIpc) is 3.14. The molecule has 0 atom stereocenters. The van der Waals surface area contributed by atoms with Crippen LogP contribution in [0.4, 0.5) is 5.13 Å². The molecule has 0 radical (unpaired) electrons. The van der Waals surface area contributed by atoms with Gasteiger partial charge in [0.2, 0.25) is 20.2 Å². The zero-order chi connectivity index (χ0) is 21.6. The summed E-state index contributed by atoms with van der Waals surface area (Å²) in [6.45, 7) is 8.97. The quantitative estimate of drug-likeness (QED) is 0.647. The molecular formula is C14H23N7O4S3. The number of nitrogens with zero attached hydrogens (tertiary/aromatic N) is 5. The van der Waals surface area contributed by atoms with Crippen molar-refractivity contribution in [3.8, 4) is 0 Å². The number of primary sulfonamides is 1. The maximum absolute atomic E-state index is 11.3. The summed E-state index contributed by atoms with van der Waals surface area (Å²) < 4.78 is 23.0. The molecule has 0 spiro atoms. The largest absolute Gasteiger partial charge is 0.300 e. The molecule has 0 bridgehead atoms. The lowest BCUT2D eigenvalue weighted by Crippen LogP contribution is -2.17. The van der Waals surface area contributed by atoms with Crippen molar-refractivity contribution < 1.29 is 18.0 Å². The van der Waals surface area contributed by atoms with E-state index in [0.29, 0.717) is 4.80 Å². The highest BCUT2D eigenvalue weighted by Gasteiger charge is 2.17. The number of sulfonamides is 1. The Morgan fingerprint density at radius 3 is 2.14 bits per heavy atom. The van der Waals surface area contributed by atoms with Crippen LogP contribution in [0.1, 0.15) is 32.7 Å². The molecule has 14 heteroatoms. The fraction of sp³-hybridized carbons (Fsp3) is 0.571. The fourth-order valence-electron chi connectivity index (χ4n) is 1.42. The third kappa shape index (κ3) is 7.53. The molecule has 0 aromatic carbocycles. The van der Waals surface area contributed by atoms with Crippen LogP contribution in [0, 0.1) is 18.8 Å². The molecule has 2 amide bonds. The molecule has 0 unspecified atom stereocenters. The minimum Gasteiger partial charge on any atom is -0.300 e. The maximum Gasteiger partial charge on any atom is 0.267 e. The zero-order valence-corrected chi connectivity index (χ0v) is 18.8. The second kappa shape index (κ2) is 9.95. The average molecular weight is 450 g/mol. The van der Waals surface area contributed by atoms with E-state index in [1.807, 2.05) is 20.8 Å². The molecule has 0 saturated heterocycles. The highest BCUT2D eigenvalue weighted by molar-refractivity contribution is 7.91. The second-order valence-corrected chi connectivity index (χ2v) is 10.1. The molecule has 0 aliphatic rings. The van der Waals surface area contributed by atoms with Crippen LogP contribution in [0.5, 0.6) is 0 Å². The third-order valence-electron chi connectivity index (χ3n) is 2.91. The van der Waals surface area contributed by atoms with Crippen LogP contribution < -0.4 is 15.3 Å². The molecule has 156 valence electrons. The Kier molecular flexibility index (Phi) is 8.53. The van der Waals surface area contributed by atoms with Gasteiger partial charge in [-0.05, 0) is 6.92 Å². The van der Waals surface area contributed by atoms with Crippen LogP contribution in [-0.2, 0) is 26.7 Å². The monoisotopic (exact) mass is 449 g/mol. The van der Waals surface area contributed by atoms with Gasteiger partial charge in [-0.1, -0.05) is 50.4 Å². The van der Waals surface area contributed by atoms with E-state index in [1.165, 1.54) is 11.3 Å². The van der Waals surface area contributed by atoms with E-state index in [1.54, 1.807) is 25.6 Å². The van der Waals surface area contributed by atoms with Crippen LogP contribution in [0.25, 0.3) is 0 Å². The Hall–Kier alpha value is -2.03. The minimum atomic E-state index is -3.84. The number of carbonyl (C=O) groups is 2. The summed E-state index contributed by atoms with van der Waals surface area (Å²) in [5, 5.41) is 19.2. The molecule has 0 aliphatic carbocycles. The van der Waals surface area contributed by atoms with Gasteiger partial charge in [-0.15, -0.1) is 10.2 Å². The summed E-state index contributed by atoms with van der Waals surface area (Å²) in [7, 11) is -2.06. The molecule has 2 aromatic rings. The van der Waals surface area contributed by atoms with E-state index in [-0.39, 0.29) is 33.1 Å². The van der Waals surface area contributed by atoms with E-state index >= 15 is 0 Å². The molecular weight excluding hydrogens is 426 g/mol. The molecule has 3 N–H and O–H groups in total. The number of carbonyl (C=O) groups excluding carboxylic acids is 2. The minimum absolute atomic E-state index is 0.0533. The molecule has 0 aliphatic heterocycles. The number of aromatic nitrogens is 4.